The first kappa shape index (κ1) is 29.0. The molecule has 0 atom stereocenters. The minimum atomic E-state index is 0.844. The van der Waals surface area contributed by atoms with Crippen molar-refractivity contribution in [1.82, 2.24) is 0 Å². The summed E-state index contributed by atoms with van der Waals surface area (Å²) in [6.45, 7) is 4.55. The molecule has 0 fully saturated rings. The highest BCUT2D eigenvalue weighted by Gasteiger charge is 1.92. The molecule has 0 saturated heterocycles. The van der Waals surface area contributed by atoms with Crippen molar-refractivity contribution in [3.8, 4) is 0 Å². The van der Waals surface area contributed by atoms with Crippen LogP contribution in [0.4, 0.5) is 0 Å². The molecule has 0 aromatic rings. The summed E-state index contributed by atoms with van der Waals surface area (Å²) in [5.74, 6) is 0.844. The third-order valence-electron chi connectivity index (χ3n) is 4.97. The fourth-order valence-corrected chi connectivity index (χ4v) is 3.75. The van der Waals surface area contributed by atoms with E-state index >= 15 is 0 Å². The van der Waals surface area contributed by atoms with E-state index in [4.69, 9.17) is 11.6 Å². The highest BCUT2D eigenvalue weighted by molar-refractivity contribution is 9.09. The van der Waals surface area contributed by atoms with E-state index in [0.29, 0.717) is 0 Å². The molecule has 0 N–H and O–H groups in total. The molecule has 0 heterocycles. The van der Waals surface area contributed by atoms with Gasteiger partial charge >= 0.3 is 0 Å². The van der Waals surface area contributed by atoms with Crippen molar-refractivity contribution in [1.29, 1.82) is 0 Å². The molecular formula is C24H50BrCl. The Hall–Kier alpha value is 0.770. The third kappa shape index (κ3) is 32.4. The van der Waals surface area contributed by atoms with Gasteiger partial charge in [0.25, 0.3) is 0 Å². The van der Waals surface area contributed by atoms with Gasteiger partial charge in [-0.15, -0.1) is 11.6 Å². The minimum absolute atomic E-state index is 0.844. The number of hydrogen-bond donors (Lipinski definition) is 0. The molecule has 2 heteroatoms. The molecule has 0 aliphatic heterocycles. The Kier molecular flexibility index (Phi) is 34.0. The van der Waals surface area contributed by atoms with Gasteiger partial charge in [0.1, 0.15) is 0 Å². The van der Waals surface area contributed by atoms with E-state index in [1.54, 1.807) is 0 Å². The molecule has 0 saturated carbocycles. The largest absolute Gasteiger partial charge is 0.127 e. The lowest BCUT2D eigenvalue weighted by Crippen LogP contribution is -1.81. The molecule has 0 bridgehead atoms. The fourth-order valence-electron chi connectivity index (χ4n) is 3.16. The molecule has 0 amide bonds. The highest BCUT2D eigenvalue weighted by atomic mass is 79.9. The Labute approximate surface area is 180 Å². The predicted octanol–water partition coefficient (Wildman–Crippen LogP) is 10.4. The monoisotopic (exact) mass is 452 g/mol. The maximum absolute atomic E-state index is 5.60. The Morgan fingerprint density at radius 3 is 0.962 bits per heavy atom. The smallest absolute Gasteiger partial charge is 0.0223 e. The van der Waals surface area contributed by atoms with E-state index in [9.17, 15) is 0 Å². The Bertz CT molecular complexity index is 166. The Morgan fingerprint density at radius 2 is 0.692 bits per heavy atom. The predicted molar refractivity (Wildman–Crippen MR) is 128 cm³/mol. The maximum atomic E-state index is 5.60. The van der Waals surface area contributed by atoms with Crippen molar-refractivity contribution in [2.45, 2.75) is 142 Å². The van der Waals surface area contributed by atoms with Gasteiger partial charge < -0.3 is 0 Å². The number of alkyl halides is 2. The van der Waals surface area contributed by atoms with Crippen LogP contribution in [0, 0.1) is 0 Å². The summed E-state index contributed by atoms with van der Waals surface area (Å²) in [7, 11) is 0. The first-order valence-corrected chi connectivity index (χ1v) is 13.6. The van der Waals surface area contributed by atoms with Gasteiger partial charge in [0.2, 0.25) is 0 Å². The van der Waals surface area contributed by atoms with Crippen LogP contribution in [0.5, 0.6) is 0 Å². The minimum Gasteiger partial charge on any atom is -0.127 e. The highest BCUT2D eigenvalue weighted by Crippen LogP contribution is 2.11. The lowest BCUT2D eigenvalue weighted by molar-refractivity contribution is 0.563. The number of hydrogen-bond acceptors (Lipinski definition) is 0. The summed E-state index contributed by atoms with van der Waals surface area (Å²) in [5.41, 5.74) is 0. The normalized spacial score (nSPS) is 10.6. The lowest BCUT2D eigenvalue weighted by Gasteiger charge is -2.00. The van der Waals surface area contributed by atoms with Crippen LogP contribution in [0.15, 0.2) is 0 Å². The van der Waals surface area contributed by atoms with E-state index in [-0.39, 0.29) is 0 Å². The Morgan fingerprint density at radius 1 is 0.423 bits per heavy atom. The second-order valence-electron chi connectivity index (χ2n) is 7.74. The van der Waals surface area contributed by atoms with E-state index in [1.165, 1.54) is 134 Å². The van der Waals surface area contributed by atoms with Crippen LogP contribution in [0.25, 0.3) is 0 Å². The Balaban J connectivity index is 0. The average molecular weight is 454 g/mol. The number of rotatable bonds is 20. The summed E-state index contributed by atoms with van der Waals surface area (Å²) in [6, 6.07) is 0. The average Bonchev–Trinajstić information content (AvgIpc) is 2.66. The maximum Gasteiger partial charge on any atom is 0.0223 e. The third-order valence-corrected chi connectivity index (χ3v) is 5.80. The van der Waals surface area contributed by atoms with Crippen LogP contribution in [0.1, 0.15) is 142 Å². The molecule has 0 unspecified atom stereocenters. The molecule has 0 aliphatic carbocycles. The van der Waals surface area contributed by atoms with Gasteiger partial charge in [-0.05, 0) is 12.8 Å². The number of unbranched alkanes of at least 4 members (excludes halogenated alkanes) is 18. The molecule has 0 nitrogen and oxygen atoms in total. The zero-order valence-electron chi connectivity index (χ0n) is 18.3. The van der Waals surface area contributed by atoms with Crippen molar-refractivity contribution in [3.05, 3.63) is 0 Å². The van der Waals surface area contributed by atoms with Gasteiger partial charge in [-0.3, -0.25) is 0 Å². The second-order valence-corrected chi connectivity index (χ2v) is 8.91. The topological polar surface area (TPSA) is 0 Å². The van der Waals surface area contributed by atoms with Crippen LogP contribution in [0.2, 0.25) is 0 Å². The van der Waals surface area contributed by atoms with E-state index < -0.39 is 0 Å². The van der Waals surface area contributed by atoms with Crippen molar-refractivity contribution in [3.63, 3.8) is 0 Å². The standard InChI is InChI=1S/C12H25Br.C12H25Cl/c2*1-2-3-4-5-6-7-8-9-10-11-12-13/h2*2-12H2,1H3. The van der Waals surface area contributed by atoms with Crippen molar-refractivity contribution < 1.29 is 0 Å². The summed E-state index contributed by atoms with van der Waals surface area (Å²) < 4.78 is 0. The van der Waals surface area contributed by atoms with Gasteiger partial charge in [0.05, 0.1) is 0 Å². The first-order valence-electron chi connectivity index (χ1n) is 11.9. The summed E-state index contributed by atoms with van der Waals surface area (Å²) >= 11 is 9.06. The first-order chi connectivity index (χ1) is 12.8. The van der Waals surface area contributed by atoms with Crippen LogP contribution in [-0.2, 0) is 0 Å². The van der Waals surface area contributed by atoms with Gasteiger partial charge in [0, 0.05) is 11.2 Å². The summed E-state index contributed by atoms with van der Waals surface area (Å²) in [5, 5.41) is 1.18. The van der Waals surface area contributed by atoms with Gasteiger partial charge in [-0.25, -0.2) is 0 Å². The van der Waals surface area contributed by atoms with E-state index in [0.717, 1.165) is 5.88 Å². The molecule has 0 spiro atoms. The van der Waals surface area contributed by atoms with Crippen LogP contribution in [-0.4, -0.2) is 11.2 Å². The fraction of sp³-hybridized carbons (Fsp3) is 1.00. The van der Waals surface area contributed by atoms with Gasteiger partial charge in [0.15, 0.2) is 0 Å². The van der Waals surface area contributed by atoms with E-state index in [1.807, 2.05) is 0 Å². The van der Waals surface area contributed by atoms with Crippen molar-refractivity contribution in [2.24, 2.45) is 0 Å². The molecule has 0 aromatic carbocycles. The number of halogens is 2. The van der Waals surface area contributed by atoms with Crippen molar-refractivity contribution >= 4 is 27.5 Å². The molecule has 0 radical (unpaired) electrons. The van der Waals surface area contributed by atoms with Crippen LogP contribution >= 0.6 is 27.5 Å². The molecule has 160 valence electrons. The lowest BCUT2D eigenvalue weighted by atomic mass is 10.1. The molecule has 0 rings (SSSR count). The van der Waals surface area contributed by atoms with Crippen LogP contribution < -0.4 is 0 Å². The zero-order chi connectivity index (χ0) is 19.6. The van der Waals surface area contributed by atoms with Gasteiger partial charge in [-0.2, -0.15) is 0 Å². The molecular weight excluding hydrogens is 404 g/mol. The SMILES string of the molecule is CCCCCCCCCCCCBr.CCCCCCCCCCCCCl. The summed E-state index contributed by atoms with van der Waals surface area (Å²) in [4.78, 5) is 0. The van der Waals surface area contributed by atoms with Gasteiger partial charge in [-0.1, -0.05) is 145 Å². The molecule has 26 heavy (non-hydrogen) atoms. The quantitative estimate of drug-likeness (QED) is 0.127. The van der Waals surface area contributed by atoms with E-state index in [2.05, 4.69) is 29.8 Å². The molecule has 0 aromatic heterocycles. The van der Waals surface area contributed by atoms with Crippen molar-refractivity contribution in [2.75, 3.05) is 11.2 Å². The van der Waals surface area contributed by atoms with Crippen LogP contribution in [0.3, 0.4) is 0 Å². The zero-order valence-corrected chi connectivity index (χ0v) is 20.7. The summed E-state index contributed by atoms with van der Waals surface area (Å²) in [6.07, 6.45) is 28.2. The second kappa shape index (κ2) is 30.5. The molecule has 0 aliphatic rings.